The first-order chi connectivity index (χ1) is 16.0. The molecule has 0 aromatic heterocycles. The number of fused-ring (bicyclic) bond motifs is 6. The van der Waals surface area contributed by atoms with Crippen molar-refractivity contribution in [1.82, 2.24) is 0 Å². The van der Waals surface area contributed by atoms with Crippen LogP contribution in [0.2, 0.25) is 0 Å². The average Bonchev–Trinajstić information content (AvgIpc) is 3.20. The van der Waals surface area contributed by atoms with Gasteiger partial charge in [0.1, 0.15) is 11.5 Å². The Labute approximate surface area is 197 Å². The maximum absolute atomic E-state index is 10.9. The normalized spacial score (nSPS) is 30.4. The third kappa shape index (κ3) is 3.08. The van der Waals surface area contributed by atoms with Crippen molar-refractivity contribution in [3.8, 4) is 11.5 Å². The number of nitrogens with zero attached hydrogens (tertiary/aromatic N) is 1. The summed E-state index contributed by atoms with van der Waals surface area (Å²) in [6.45, 7) is 2.55. The second-order valence-electron chi connectivity index (χ2n) is 10.9. The molecule has 3 nitrogen and oxygen atoms in total. The molecule has 0 unspecified atom stereocenters. The summed E-state index contributed by atoms with van der Waals surface area (Å²) in [4.78, 5) is 2.43. The van der Waals surface area contributed by atoms with E-state index in [4.69, 9.17) is 4.74 Å². The van der Waals surface area contributed by atoms with Crippen LogP contribution in [0.3, 0.4) is 0 Å². The van der Waals surface area contributed by atoms with Crippen LogP contribution >= 0.6 is 0 Å². The van der Waals surface area contributed by atoms with Gasteiger partial charge in [0.05, 0.1) is 12.8 Å². The van der Waals surface area contributed by atoms with Crippen LogP contribution in [0.1, 0.15) is 56.1 Å². The summed E-state index contributed by atoms with van der Waals surface area (Å²) in [6, 6.07) is 19.6. The number of phenols is 1. The van der Waals surface area contributed by atoms with Crippen LogP contribution < -0.4 is 9.64 Å². The van der Waals surface area contributed by atoms with Gasteiger partial charge in [0.2, 0.25) is 0 Å². The first-order valence-electron chi connectivity index (χ1n) is 12.6. The molecule has 0 bridgehead atoms. The Morgan fingerprint density at radius 2 is 1.85 bits per heavy atom. The number of aryl methyl sites for hydroxylation is 1. The Morgan fingerprint density at radius 1 is 1.00 bits per heavy atom. The van der Waals surface area contributed by atoms with Crippen molar-refractivity contribution in [1.29, 1.82) is 0 Å². The fourth-order valence-corrected chi connectivity index (χ4v) is 8.06. The maximum Gasteiger partial charge on any atom is 0.139 e. The van der Waals surface area contributed by atoms with Gasteiger partial charge in [-0.1, -0.05) is 43.3 Å². The minimum absolute atomic E-state index is 0.281. The van der Waals surface area contributed by atoms with Gasteiger partial charge in [-0.05, 0) is 96.4 Å². The Morgan fingerprint density at radius 3 is 2.70 bits per heavy atom. The Hall–Kier alpha value is -2.68. The third-order valence-electron chi connectivity index (χ3n) is 9.58. The molecule has 2 saturated carbocycles. The van der Waals surface area contributed by atoms with Crippen molar-refractivity contribution in [2.24, 2.45) is 17.3 Å². The SMILES string of the molecule is COc1ccc2c(c1)CC[C@@H]1[C@@H]2CC[C@]2(C)[C@@H](N(C)c3c(O)ccc4ccccc34)CC[C@@H]12. The summed E-state index contributed by atoms with van der Waals surface area (Å²) in [5, 5.41) is 13.3. The molecule has 2 fully saturated rings. The quantitative estimate of drug-likeness (QED) is 0.479. The van der Waals surface area contributed by atoms with Gasteiger partial charge in [-0.15, -0.1) is 0 Å². The van der Waals surface area contributed by atoms with Crippen molar-refractivity contribution in [2.75, 3.05) is 19.1 Å². The van der Waals surface area contributed by atoms with Gasteiger partial charge in [0.15, 0.2) is 0 Å². The zero-order chi connectivity index (χ0) is 22.7. The largest absolute Gasteiger partial charge is 0.506 e. The van der Waals surface area contributed by atoms with Crippen LogP contribution in [0, 0.1) is 17.3 Å². The van der Waals surface area contributed by atoms with E-state index in [0.29, 0.717) is 17.7 Å². The monoisotopic (exact) mass is 441 g/mol. The summed E-state index contributed by atoms with van der Waals surface area (Å²) in [7, 11) is 3.98. The van der Waals surface area contributed by atoms with Gasteiger partial charge in [-0.2, -0.15) is 0 Å². The summed E-state index contributed by atoms with van der Waals surface area (Å²) in [5.74, 6) is 3.59. The summed E-state index contributed by atoms with van der Waals surface area (Å²) >= 11 is 0. The van der Waals surface area contributed by atoms with E-state index in [1.54, 1.807) is 12.7 Å². The lowest BCUT2D eigenvalue weighted by Crippen LogP contribution is -2.49. The van der Waals surface area contributed by atoms with Gasteiger partial charge in [0.25, 0.3) is 0 Å². The number of hydrogen-bond acceptors (Lipinski definition) is 3. The van der Waals surface area contributed by atoms with E-state index in [-0.39, 0.29) is 5.41 Å². The molecule has 3 aliphatic rings. The molecule has 3 heteroatoms. The van der Waals surface area contributed by atoms with E-state index in [1.165, 1.54) is 49.5 Å². The zero-order valence-corrected chi connectivity index (χ0v) is 20.1. The molecule has 172 valence electrons. The second kappa shape index (κ2) is 7.68. The molecule has 3 aromatic carbocycles. The van der Waals surface area contributed by atoms with Crippen LogP contribution in [-0.2, 0) is 6.42 Å². The minimum Gasteiger partial charge on any atom is -0.506 e. The lowest BCUT2D eigenvalue weighted by Gasteiger charge is -2.52. The number of benzene rings is 3. The molecular formula is C30H35NO2. The third-order valence-corrected chi connectivity index (χ3v) is 9.58. The zero-order valence-electron chi connectivity index (χ0n) is 20.1. The highest BCUT2D eigenvalue weighted by atomic mass is 16.5. The second-order valence-corrected chi connectivity index (χ2v) is 10.9. The maximum atomic E-state index is 10.9. The number of phenolic OH excluding ortho intramolecular Hbond substituents is 1. The smallest absolute Gasteiger partial charge is 0.139 e. The molecule has 0 spiro atoms. The first kappa shape index (κ1) is 20.9. The molecule has 5 atom stereocenters. The standard InChI is InChI=1S/C30H35NO2/c1-30-17-16-24-22-12-10-21(33-3)18-20(22)8-11-25(24)26(30)13-15-28(30)31(2)29-23-7-5-4-6-19(23)9-14-27(29)32/h4-7,9-10,12,14,18,24-26,28,32H,8,11,13,15-17H2,1-3H3/t24-,25-,26+,28+,30+/m1/s1. The Kier molecular flexibility index (Phi) is 4.87. The van der Waals surface area contributed by atoms with Crippen LogP contribution in [-0.4, -0.2) is 25.3 Å². The summed E-state index contributed by atoms with van der Waals surface area (Å²) < 4.78 is 5.50. The molecule has 1 N–H and O–H groups in total. The molecule has 0 aliphatic heterocycles. The average molecular weight is 442 g/mol. The molecule has 3 aliphatic carbocycles. The highest BCUT2D eigenvalue weighted by Crippen LogP contribution is 2.62. The minimum atomic E-state index is 0.281. The van der Waals surface area contributed by atoms with Crippen molar-refractivity contribution in [3.05, 3.63) is 65.7 Å². The number of hydrogen-bond donors (Lipinski definition) is 1. The van der Waals surface area contributed by atoms with Gasteiger partial charge in [0, 0.05) is 18.5 Å². The van der Waals surface area contributed by atoms with Crippen LogP contribution in [0.25, 0.3) is 10.8 Å². The lowest BCUT2D eigenvalue weighted by molar-refractivity contribution is 0.0486. The molecule has 0 radical (unpaired) electrons. The molecule has 0 heterocycles. The van der Waals surface area contributed by atoms with Gasteiger partial charge in [-0.3, -0.25) is 0 Å². The van der Waals surface area contributed by atoms with E-state index in [2.05, 4.69) is 61.3 Å². The van der Waals surface area contributed by atoms with Crippen molar-refractivity contribution in [2.45, 2.75) is 57.4 Å². The van der Waals surface area contributed by atoms with Crippen molar-refractivity contribution in [3.63, 3.8) is 0 Å². The number of rotatable bonds is 3. The van der Waals surface area contributed by atoms with Gasteiger partial charge in [-0.25, -0.2) is 0 Å². The predicted molar refractivity (Wildman–Crippen MR) is 135 cm³/mol. The first-order valence-corrected chi connectivity index (χ1v) is 12.6. The van der Waals surface area contributed by atoms with E-state index >= 15 is 0 Å². The molecule has 6 rings (SSSR count). The van der Waals surface area contributed by atoms with E-state index < -0.39 is 0 Å². The van der Waals surface area contributed by atoms with Crippen LogP contribution in [0.5, 0.6) is 11.5 Å². The van der Waals surface area contributed by atoms with Gasteiger partial charge < -0.3 is 14.7 Å². The number of ether oxygens (including phenoxy) is 1. The van der Waals surface area contributed by atoms with E-state index in [0.717, 1.165) is 28.7 Å². The molecular weight excluding hydrogens is 406 g/mol. The molecule has 33 heavy (non-hydrogen) atoms. The highest BCUT2D eigenvalue weighted by Gasteiger charge is 2.56. The fraction of sp³-hybridized carbons (Fsp3) is 0.467. The summed E-state index contributed by atoms with van der Waals surface area (Å²) in [5.41, 5.74) is 4.37. The fourth-order valence-electron chi connectivity index (χ4n) is 8.06. The topological polar surface area (TPSA) is 32.7 Å². The predicted octanol–water partition coefficient (Wildman–Crippen LogP) is 6.92. The van der Waals surface area contributed by atoms with E-state index in [1.807, 2.05) is 12.1 Å². The number of anilines is 1. The lowest BCUT2D eigenvalue weighted by atomic mass is 9.55. The van der Waals surface area contributed by atoms with E-state index in [9.17, 15) is 5.11 Å². The number of aromatic hydroxyl groups is 1. The highest BCUT2D eigenvalue weighted by molar-refractivity contribution is 5.97. The Balaban J connectivity index is 1.33. The number of methoxy groups -OCH3 is 1. The van der Waals surface area contributed by atoms with Crippen molar-refractivity contribution >= 4 is 16.5 Å². The summed E-state index contributed by atoms with van der Waals surface area (Å²) in [6.07, 6.45) is 7.49. The Bertz CT molecular complexity index is 1200. The van der Waals surface area contributed by atoms with Gasteiger partial charge >= 0.3 is 0 Å². The molecule has 0 saturated heterocycles. The van der Waals surface area contributed by atoms with Crippen LogP contribution in [0.15, 0.2) is 54.6 Å². The van der Waals surface area contributed by atoms with Crippen molar-refractivity contribution < 1.29 is 9.84 Å². The molecule has 3 aromatic rings. The molecule has 0 amide bonds. The van der Waals surface area contributed by atoms with Crippen LogP contribution in [0.4, 0.5) is 5.69 Å².